The molecule has 0 fully saturated rings. The quantitative estimate of drug-likeness (QED) is 0.0716. The van der Waals surface area contributed by atoms with Crippen molar-refractivity contribution in [1.82, 2.24) is 48.7 Å². The number of nitrogen functional groups attached to an aromatic ring is 2. The topological polar surface area (TPSA) is 228 Å². The van der Waals surface area contributed by atoms with E-state index in [1.54, 1.807) is 24.3 Å². The van der Waals surface area contributed by atoms with Crippen LogP contribution in [0.25, 0.3) is 55.6 Å². The molecule has 10 rings (SSSR count). The van der Waals surface area contributed by atoms with E-state index in [-0.39, 0.29) is 23.0 Å². The molecule has 20 heteroatoms. The summed E-state index contributed by atoms with van der Waals surface area (Å²) in [4.78, 5) is 58.0. The molecule has 0 aliphatic heterocycles. The minimum atomic E-state index is -0.550. The summed E-state index contributed by atoms with van der Waals surface area (Å²) in [5, 5.41) is 6.65. The van der Waals surface area contributed by atoms with Gasteiger partial charge in [0.25, 0.3) is 11.1 Å². The Balaban J connectivity index is 0.000000166. The fourth-order valence-electron chi connectivity index (χ4n) is 7.97. The number of fused-ring (bicyclic) bond motifs is 4. The monoisotopic (exact) mass is 894 g/mol. The van der Waals surface area contributed by atoms with Crippen LogP contribution in [0.15, 0.2) is 120 Å². The van der Waals surface area contributed by atoms with E-state index in [2.05, 4.69) is 50.5 Å². The van der Waals surface area contributed by atoms with Crippen LogP contribution in [0.2, 0.25) is 0 Å². The molecule has 0 bridgehead atoms. The lowest BCUT2D eigenvalue weighted by Crippen LogP contribution is -2.22. The van der Waals surface area contributed by atoms with Crippen molar-refractivity contribution in [1.29, 1.82) is 0 Å². The average molecular weight is 895 g/mol. The zero-order valence-corrected chi connectivity index (χ0v) is 35.0. The van der Waals surface area contributed by atoms with Crippen molar-refractivity contribution < 1.29 is 17.6 Å². The zero-order chi connectivity index (χ0) is 46.2. The number of benzene rings is 2. The Labute approximate surface area is 370 Å². The summed E-state index contributed by atoms with van der Waals surface area (Å²) in [5.74, 6) is -1.12. The average Bonchev–Trinajstić information content (AvgIpc) is 3.98. The summed E-state index contributed by atoms with van der Waals surface area (Å²) in [6.45, 7) is 3.88. The maximum Gasteiger partial charge on any atom is 0.263 e. The number of aromatic nitrogens is 10. The van der Waals surface area contributed by atoms with Crippen molar-refractivity contribution in [3.8, 4) is 22.3 Å². The normalized spacial score (nSPS) is 12.3. The largest absolute Gasteiger partial charge is 0.368 e. The molecule has 66 heavy (non-hydrogen) atoms. The first kappa shape index (κ1) is 42.6. The summed E-state index contributed by atoms with van der Waals surface area (Å²) in [5.41, 5.74) is 16.3. The van der Waals surface area contributed by atoms with Gasteiger partial charge in [-0.05, 0) is 95.8 Å². The molecule has 10 aromatic rings. The lowest BCUT2D eigenvalue weighted by Gasteiger charge is -2.22. The zero-order valence-electron chi connectivity index (χ0n) is 35.0. The van der Waals surface area contributed by atoms with Crippen LogP contribution in [-0.2, 0) is 0 Å². The van der Waals surface area contributed by atoms with E-state index < -0.39 is 46.5 Å². The van der Waals surface area contributed by atoms with E-state index in [4.69, 9.17) is 11.5 Å². The van der Waals surface area contributed by atoms with E-state index in [1.807, 2.05) is 13.8 Å². The third-order valence-corrected chi connectivity index (χ3v) is 11.0. The minimum absolute atomic E-state index is 0.0476. The van der Waals surface area contributed by atoms with Gasteiger partial charge in [-0.2, -0.15) is 19.9 Å². The van der Waals surface area contributed by atoms with Crippen molar-refractivity contribution in [2.24, 2.45) is 0 Å². The van der Waals surface area contributed by atoms with Gasteiger partial charge in [0.1, 0.15) is 34.3 Å². The Kier molecular flexibility index (Phi) is 11.3. The van der Waals surface area contributed by atoms with Gasteiger partial charge in [0.2, 0.25) is 11.9 Å². The molecule has 0 saturated carbocycles. The van der Waals surface area contributed by atoms with E-state index in [0.717, 1.165) is 12.4 Å². The lowest BCUT2D eigenvalue weighted by atomic mass is 9.94. The second-order valence-electron chi connectivity index (χ2n) is 15.1. The van der Waals surface area contributed by atoms with Gasteiger partial charge in [0.15, 0.2) is 22.9 Å². The molecule has 16 nitrogen and oxygen atoms in total. The predicted octanol–water partition coefficient (Wildman–Crippen LogP) is 8.11. The molecule has 8 aromatic heterocycles. The Bertz CT molecular complexity index is 3360. The lowest BCUT2D eigenvalue weighted by molar-refractivity contribution is 0.617. The van der Waals surface area contributed by atoms with E-state index in [9.17, 15) is 27.2 Å². The maximum absolute atomic E-state index is 14.1. The molecule has 0 unspecified atom stereocenters. The van der Waals surface area contributed by atoms with Crippen LogP contribution in [0.5, 0.6) is 0 Å². The van der Waals surface area contributed by atoms with Gasteiger partial charge >= 0.3 is 0 Å². The third-order valence-electron chi connectivity index (χ3n) is 11.0. The maximum atomic E-state index is 14.1. The number of halogens is 4. The van der Waals surface area contributed by atoms with Gasteiger partial charge < -0.3 is 32.1 Å². The Hall–Kier alpha value is -8.68. The van der Waals surface area contributed by atoms with Gasteiger partial charge in [0, 0.05) is 23.4 Å². The van der Waals surface area contributed by atoms with Crippen molar-refractivity contribution in [3.05, 3.63) is 165 Å². The summed E-state index contributed by atoms with van der Waals surface area (Å²) >= 11 is 0. The number of nitrogens with zero attached hydrogens (tertiary/aromatic N) is 8. The Morgan fingerprint density at radius 1 is 0.576 bits per heavy atom. The van der Waals surface area contributed by atoms with Gasteiger partial charge in [-0.15, -0.1) is 0 Å². The molecular formula is C46H38F4N14O2. The summed E-state index contributed by atoms with van der Waals surface area (Å²) < 4.78 is 58.4. The number of rotatable bonds is 10. The summed E-state index contributed by atoms with van der Waals surface area (Å²) in [7, 11) is 0. The van der Waals surface area contributed by atoms with Crippen LogP contribution in [0.3, 0.4) is 0 Å². The number of nitrogens with two attached hydrogens (primary N) is 2. The molecule has 2 atom stereocenters. The van der Waals surface area contributed by atoms with Crippen molar-refractivity contribution in [3.63, 3.8) is 0 Å². The summed E-state index contributed by atoms with van der Waals surface area (Å²) in [6, 6.07) is 19.9. The SMILES string of the molecule is CC[C@@H](Nc1nc(N)nc2nc[nH]c12)c1cc2ccc(F)cn2c(=O)c1-c1cccc(F)c1.CC[C@H](Nc1nc(N)nc2nc[nH]c12)c1cc2ccc(F)cn2c(=O)c1-c1cccc(F)c1. The van der Waals surface area contributed by atoms with Crippen LogP contribution in [-0.4, -0.2) is 48.7 Å². The van der Waals surface area contributed by atoms with Gasteiger partial charge in [-0.25, -0.2) is 27.5 Å². The number of nitrogens with one attached hydrogen (secondary N) is 4. The molecule has 0 amide bonds. The van der Waals surface area contributed by atoms with E-state index >= 15 is 0 Å². The van der Waals surface area contributed by atoms with Crippen LogP contribution in [0.1, 0.15) is 49.9 Å². The van der Waals surface area contributed by atoms with Crippen LogP contribution in [0, 0.1) is 23.3 Å². The van der Waals surface area contributed by atoms with E-state index in [1.165, 1.54) is 82.1 Å². The van der Waals surface area contributed by atoms with Gasteiger partial charge in [0.05, 0.1) is 35.9 Å². The highest BCUT2D eigenvalue weighted by Crippen LogP contribution is 2.34. The first-order valence-corrected chi connectivity index (χ1v) is 20.6. The first-order chi connectivity index (χ1) is 31.9. The number of pyridine rings is 4. The van der Waals surface area contributed by atoms with Gasteiger partial charge in [-0.1, -0.05) is 38.1 Å². The van der Waals surface area contributed by atoms with Gasteiger partial charge in [-0.3, -0.25) is 18.4 Å². The molecule has 2 aromatic carbocycles. The van der Waals surface area contributed by atoms with Crippen LogP contribution in [0.4, 0.5) is 41.1 Å². The predicted molar refractivity (Wildman–Crippen MR) is 244 cm³/mol. The first-order valence-electron chi connectivity index (χ1n) is 20.6. The molecule has 0 spiro atoms. The number of H-pyrrole nitrogens is 2. The molecule has 8 N–H and O–H groups in total. The highest BCUT2D eigenvalue weighted by atomic mass is 19.1. The molecule has 0 radical (unpaired) electrons. The molecule has 332 valence electrons. The second-order valence-corrected chi connectivity index (χ2v) is 15.1. The molecular weight excluding hydrogens is 857 g/mol. The van der Waals surface area contributed by atoms with E-state index in [0.29, 0.717) is 80.1 Å². The van der Waals surface area contributed by atoms with Crippen molar-refractivity contribution >= 4 is 56.9 Å². The van der Waals surface area contributed by atoms with Crippen molar-refractivity contribution in [2.45, 2.75) is 38.8 Å². The molecule has 0 aliphatic rings. The smallest absolute Gasteiger partial charge is 0.263 e. The van der Waals surface area contributed by atoms with Crippen molar-refractivity contribution in [2.75, 3.05) is 22.1 Å². The minimum Gasteiger partial charge on any atom is -0.368 e. The number of anilines is 4. The Morgan fingerprint density at radius 3 is 1.39 bits per heavy atom. The third kappa shape index (κ3) is 8.17. The number of hydrogen-bond donors (Lipinski definition) is 6. The highest BCUT2D eigenvalue weighted by Gasteiger charge is 2.24. The molecule has 8 heterocycles. The fraction of sp³-hybridized carbons (Fsp3) is 0.130. The number of imidazole rings is 2. The Morgan fingerprint density at radius 2 is 1.00 bits per heavy atom. The standard InChI is InChI=1S/2C23H19F2N7O/c2*1-2-17(29-21-19-20(28-11-27-19)30-23(26)31-21)16-9-15-7-6-14(25)10-32(15)22(33)18(16)12-4-3-5-13(24)8-12/h2*3-11,17H,2H2,1H3,(H4,26,27,28,29,30,31)/t2*17-/m10/s1. The fourth-order valence-corrected chi connectivity index (χ4v) is 7.97. The number of hydrogen-bond acceptors (Lipinski definition) is 12. The molecule has 0 saturated heterocycles. The molecule has 0 aliphatic carbocycles. The highest BCUT2D eigenvalue weighted by molar-refractivity contribution is 5.85. The number of aromatic amines is 2. The van der Waals surface area contributed by atoms with Crippen LogP contribution < -0.4 is 33.2 Å². The summed E-state index contributed by atoms with van der Waals surface area (Å²) in [6.07, 6.45) is 6.33. The second kappa shape index (κ2) is 17.5. The van der Waals surface area contributed by atoms with Crippen LogP contribution >= 0.6 is 0 Å².